The van der Waals surface area contributed by atoms with E-state index < -0.39 is 65.4 Å². The minimum atomic E-state index is -1.26. The van der Waals surface area contributed by atoms with E-state index in [0.29, 0.717) is 22.8 Å². The van der Waals surface area contributed by atoms with Crippen molar-refractivity contribution in [1.29, 1.82) is 0 Å². The molecule has 12 nitrogen and oxygen atoms in total. The molecule has 2 aromatic carbocycles. The van der Waals surface area contributed by atoms with Crippen LogP contribution in [0.4, 0.5) is 0 Å². The summed E-state index contributed by atoms with van der Waals surface area (Å²) < 4.78 is 22.8. The molecule has 0 aliphatic carbocycles. The highest BCUT2D eigenvalue weighted by Crippen LogP contribution is 2.27. The van der Waals surface area contributed by atoms with Crippen LogP contribution < -0.4 is 21.1 Å². The van der Waals surface area contributed by atoms with Crippen molar-refractivity contribution >= 4 is 41.3 Å². The number of methoxy groups -OCH3 is 1. The highest BCUT2D eigenvalue weighted by atomic mass is 35.5. The molecule has 0 spiro atoms. The predicted octanol–water partition coefficient (Wildman–Crippen LogP) is 4.10. The molecule has 0 aromatic heterocycles. The number of nitrogens with two attached hydrogens (primary N) is 1. The number of amides is 2. The zero-order chi connectivity index (χ0) is 37.7. The molecule has 278 valence electrons. The molecule has 3 rings (SSSR count). The van der Waals surface area contributed by atoms with E-state index in [2.05, 4.69) is 10.6 Å². The van der Waals surface area contributed by atoms with Crippen LogP contribution in [0.1, 0.15) is 58.6 Å². The largest absolute Gasteiger partial charge is 0.495 e. The molecule has 5 atom stereocenters. The first kappa shape index (κ1) is 41.0. The number of rotatable bonds is 11. The summed E-state index contributed by atoms with van der Waals surface area (Å²) in [5, 5.41) is 5.83. The Bertz CT molecular complexity index is 1550. The van der Waals surface area contributed by atoms with Crippen LogP contribution in [0.2, 0.25) is 5.02 Å². The molecule has 0 radical (unpaired) electrons. The Morgan fingerprint density at radius 1 is 1.04 bits per heavy atom. The number of ether oxygens (including phenoxy) is 4. The standard InChI is InChI=1S/C38H50ClN3O9/c1-23(2)17-32-36(46)50-29(24(3)31(49-34(44)21-40)20-25-11-8-7-9-12-25)13-10-14-33(43)42-28(19-26-15-16-30(48-6)27(39)18-26)35(45)41-22-38(4,5)37(47)51-32/h7-12,14-16,18,23-24,28-29,31-32H,13,17,19-22,40H2,1-6H3,(H,41,45)(H,42,43)/b14-10+/t24-,28+,29-,31-,32-/m0/s1. The summed E-state index contributed by atoms with van der Waals surface area (Å²) in [5.74, 6) is -3.43. The zero-order valence-electron chi connectivity index (χ0n) is 30.1. The number of carbonyl (C=O) groups excluding carboxylic acids is 5. The van der Waals surface area contributed by atoms with Gasteiger partial charge in [-0.05, 0) is 55.5 Å². The average Bonchev–Trinajstić information content (AvgIpc) is 3.08. The third-order valence-corrected chi connectivity index (χ3v) is 8.85. The van der Waals surface area contributed by atoms with E-state index in [0.717, 1.165) is 5.56 Å². The number of nitrogens with one attached hydrogen (secondary N) is 2. The van der Waals surface area contributed by atoms with Gasteiger partial charge >= 0.3 is 17.9 Å². The molecule has 0 bridgehead atoms. The van der Waals surface area contributed by atoms with E-state index in [1.54, 1.807) is 39.0 Å². The second-order valence-electron chi connectivity index (χ2n) is 13.8. The van der Waals surface area contributed by atoms with Crippen LogP contribution in [-0.4, -0.2) is 74.3 Å². The van der Waals surface area contributed by atoms with Crippen LogP contribution in [0.25, 0.3) is 0 Å². The van der Waals surface area contributed by atoms with Gasteiger partial charge in [-0.2, -0.15) is 0 Å². The highest BCUT2D eigenvalue weighted by molar-refractivity contribution is 6.32. The minimum Gasteiger partial charge on any atom is -0.495 e. The number of esters is 3. The molecule has 4 N–H and O–H groups in total. The SMILES string of the molecule is COc1ccc(C[C@H]2NC(=O)/C=C/C[C@@H]([C@H](C)[C@H](Cc3ccccc3)OC(=O)CN)OC(=O)[C@H](CC(C)C)OC(=O)C(C)(C)CNC2=O)cc1Cl. The van der Waals surface area contributed by atoms with E-state index >= 15 is 0 Å². The fourth-order valence-corrected chi connectivity index (χ4v) is 5.74. The van der Waals surface area contributed by atoms with Crippen LogP contribution >= 0.6 is 11.6 Å². The highest BCUT2D eigenvalue weighted by Gasteiger charge is 2.38. The molecule has 13 heteroatoms. The summed E-state index contributed by atoms with van der Waals surface area (Å²) in [5.41, 5.74) is 5.86. The van der Waals surface area contributed by atoms with E-state index in [1.807, 2.05) is 44.2 Å². The lowest BCUT2D eigenvalue weighted by atomic mass is 9.90. The Labute approximate surface area is 304 Å². The Kier molecular flexibility index (Phi) is 15.5. The molecule has 0 unspecified atom stereocenters. The smallest absolute Gasteiger partial charge is 0.347 e. The molecular formula is C38H50ClN3O9. The molecule has 0 saturated heterocycles. The lowest BCUT2D eigenvalue weighted by Gasteiger charge is -2.32. The molecule has 1 aliphatic rings. The molecule has 2 amide bonds. The van der Waals surface area contributed by atoms with Crippen LogP contribution in [0.3, 0.4) is 0 Å². The first-order valence-electron chi connectivity index (χ1n) is 17.1. The summed E-state index contributed by atoms with van der Waals surface area (Å²) in [6, 6.07) is 13.4. The van der Waals surface area contributed by atoms with Crippen molar-refractivity contribution in [2.45, 2.75) is 84.7 Å². The quantitative estimate of drug-likeness (QED) is 0.226. The van der Waals surface area contributed by atoms with Gasteiger partial charge in [0.25, 0.3) is 0 Å². The van der Waals surface area contributed by atoms with Crippen molar-refractivity contribution in [2.75, 3.05) is 20.2 Å². The van der Waals surface area contributed by atoms with E-state index in [-0.39, 0.29) is 38.3 Å². The minimum absolute atomic E-state index is 0.0323. The van der Waals surface area contributed by atoms with Crippen LogP contribution in [-0.2, 0) is 51.0 Å². The van der Waals surface area contributed by atoms with Crippen molar-refractivity contribution in [3.05, 3.63) is 76.8 Å². The van der Waals surface area contributed by atoms with Gasteiger partial charge in [0.1, 0.15) is 24.0 Å². The first-order valence-corrected chi connectivity index (χ1v) is 17.4. The maximum atomic E-state index is 13.8. The number of hydrogen-bond acceptors (Lipinski definition) is 10. The van der Waals surface area contributed by atoms with Gasteiger partial charge in [-0.3, -0.25) is 19.2 Å². The van der Waals surface area contributed by atoms with Gasteiger partial charge < -0.3 is 35.3 Å². The van der Waals surface area contributed by atoms with Gasteiger partial charge in [0.2, 0.25) is 11.8 Å². The summed E-state index contributed by atoms with van der Waals surface area (Å²) in [7, 11) is 1.49. The van der Waals surface area contributed by atoms with Crippen molar-refractivity contribution in [2.24, 2.45) is 23.0 Å². The van der Waals surface area contributed by atoms with Crippen LogP contribution in [0, 0.1) is 17.3 Å². The lowest BCUT2D eigenvalue weighted by molar-refractivity contribution is -0.181. The Balaban J connectivity index is 2.00. The number of benzene rings is 2. The molecule has 1 aliphatic heterocycles. The second-order valence-corrected chi connectivity index (χ2v) is 14.2. The van der Waals surface area contributed by atoms with Crippen LogP contribution in [0.5, 0.6) is 5.75 Å². The summed E-state index contributed by atoms with van der Waals surface area (Å²) in [6.07, 6.45) is 0.436. The number of hydrogen-bond donors (Lipinski definition) is 3. The van der Waals surface area contributed by atoms with E-state index in [1.165, 1.54) is 19.3 Å². The molecule has 2 aromatic rings. The van der Waals surface area contributed by atoms with E-state index in [4.69, 9.17) is 36.3 Å². The molecule has 51 heavy (non-hydrogen) atoms. The van der Waals surface area contributed by atoms with Gasteiger partial charge in [-0.1, -0.05) is 74.8 Å². The predicted molar refractivity (Wildman–Crippen MR) is 192 cm³/mol. The number of cyclic esters (lactones) is 2. The average molecular weight is 728 g/mol. The molecule has 0 fully saturated rings. The normalized spacial score (nSPS) is 22.1. The molecule has 0 saturated carbocycles. The van der Waals surface area contributed by atoms with Crippen molar-refractivity contribution in [3.63, 3.8) is 0 Å². The Morgan fingerprint density at radius 3 is 2.37 bits per heavy atom. The van der Waals surface area contributed by atoms with Crippen molar-refractivity contribution in [3.8, 4) is 5.75 Å². The molecule has 1 heterocycles. The van der Waals surface area contributed by atoms with Gasteiger partial charge in [0, 0.05) is 31.7 Å². The summed E-state index contributed by atoms with van der Waals surface area (Å²) in [6.45, 7) is 8.21. The summed E-state index contributed by atoms with van der Waals surface area (Å²) in [4.78, 5) is 66.5. The van der Waals surface area contributed by atoms with Crippen molar-refractivity contribution < 1.29 is 42.9 Å². The third-order valence-electron chi connectivity index (χ3n) is 8.55. The monoisotopic (exact) mass is 727 g/mol. The summed E-state index contributed by atoms with van der Waals surface area (Å²) >= 11 is 6.32. The Morgan fingerprint density at radius 2 is 1.75 bits per heavy atom. The van der Waals surface area contributed by atoms with Gasteiger partial charge in [-0.15, -0.1) is 0 Å². The van der Waals surface area contributed by atoms with Gasteiger partial charge in [-0.25, -0.2) is 4.79 Å². The number of halogens is 1. The maximum absolute atomic E-state index is 13.8. The van der Waals surface area contributed by atoms with Gasteiger partial charge in [0.15, 0.2) is 6.10 Å². The molecular weight excluding hydrogens is 678 g/mol. The first-order chi connectivity index (χ1) is 24.1. The number of carbonyl (C=O) groups is 5. The fourth-order valence-electron chi connectivity index (χ4n) is 5.46. The zero-order valence-corrected chi connectivity index (χ0v) is 30.9. The van der Waals surface area contributed by atoms with Crippen LogP contribution in [0.15, 0.2) is 60.7 Å². The third kappa shape index (κ3) is 12.7. The fraction of sp³-hybridized carbons (Fsp3) is 0.500. The topological polar surface area (TPSA) is 172 Å². The van der Waals surface area contributed by atoms with Crippen molar-refractivity contribution in [1.82, 2.24) is 10.6 Å². The Hall–Kier alpha value is -4.42. The van der Waals surface area contributed by atoms with Gasteiger partial charge in [0.05, 0.1) is 24.1 Å². The lowest BCUT2D eigenvalue weighted by Crippen LogP contribution is -2.51. The maximum Gasteiger partial charge on any atom is 0.347 e. The van der Waals surface area contributed by atoms with E-state index in [9.17, 15) is 24.0 Å². The second kappa shape index (κ2) is 19.3.